The zero-order valence-corrected chi connectivity index (χ0v) is 8.03. The second-order valence-corrected chi connectivity index (χ2v) is 3.05. The molecule has 0 radical (unpaired) electrons. The van der Waals surface area contributed by atoms with Crippen LogP contribution >= 0.6 is 12.0 Å². The molecule has 0 aromatic heterocycles. The average Bonchev–Trinajstić information content (AvgIpc) is 2.00. The lowest BCUT2D eigenvalue weighted by molar-refractivity contribution is -0.128. The van der Waals surface area contributed by atoms with Gasteiger partial charge in [-0.25, -0.2) is 4.79 Å². The van der Waals surface area contributed by atoms with Crippen molar-refractivity contribution in [3.05, 3.63) is 11.6 Å². The molecule has 0 aliphatic rings. The van der Waals surface area contributed by atoms with E-state index in [9.17, 15) is 4.79 Å². The van der Waals surface area contributed by atoms with Gasteiger partial charge in [0.1, 0.15) is 0 Å². The minimum atomic E-state index is -0.223. The van der Waals surface area contributed by atoms with E-state index in [1.54, 1.807) is 6.92 Å². The highest BCUT2D eigenvalue weighted by Crippen LogP contribution is 2.07. The van der Waals surface area contributed by atoms with Crippen molar-refractivity contribution in [1.29, 1.82) is 0 Å². The molecule has 0 spiro atoms. The van der Waals surface area contributed by atoms with E-state index < -0.39 is 0 Å². The molecule has 0 saturated heterocycles. The van der Waals surface area contributed by atoms with Crippen LogP contribution in [0.4, 0.5) is 0 Å². The van der Waals surface area contributed by atoms with Crippen LogP contribution in [0.5, 0.6) is 0 Å². The Morgan fingerprint density at radius 1 is 1.55 bits per heavy atom. The fourth-order valence-corrected chi connectivity index (χ4v) is 0.924. The van der Waals surface area contributed by atoms with Gasteiger partial charge in [0.05, 0.1) is 12.0 Å². The molecule has 0 aliphatic carbocycles. The first-order chi connectivity index (χ1) is 5.22. The first-order valence-corrected chi connectivity index (χ1v) is 4.64. The molecule has 0 N–H and O–H groups in total. The maximum Gasteiger partial charge on any atom is 0.345 e. The summed E-state index contributed by atoms with van der Waals surface area (Å²) in [5, 5.41) is 0. The smallest absolute Gasteiger partial charge is 0.345 e. The molecule has 2 nitrogen and oxygen atoms in total. The van der Waals surface area contributed by atoms with Crippen LogP contribution in [0.15, 0.2) is 11.6 Å². The molecule has 0 heterocycles. The fourth-order valence-electron chi connectivity index (χ4n) is 0.568. The molecule has 11 heavy (non-hydrogen) atoms. The molecule has 0 aliphatic heterocycles. The van der Waals surface area contributed by atoms with Crippen LogP contribution in [0.1, 0.15) is 27.2 Å². The van der Waals surface area contributed by atoms with Crippen molar-refractivity contribution in [3.8, 4) is 0 Å². The third-order valence-electron chi connectivity index (χ3n) is 1.08. The first-order valence-electron chi connectivity index (χ1n) is 3.72. The highest BCUT2D eigenvalue weighted by molar-refractivity contribution is 7.95. The predicted molar refractivity (Wildman–Crippen MR) is 48.3 cm³/mol. The molecule has 0 saturated carbocycles. The number of hydrogen-bond acceptors (Lipinski definition) is 3. The zero-order chi connectivity index (χ0) is 8.69. The third kappa shape index (κ3) is 4.90. The number of rotatable bonds is 4. The van der Waals surface area contributed by atoms with Crippen LogP contribution in [0, 0.1) is 0 Å². The summed E-state index contributed by atoms with van der Waals surface area (Å²) in [7, 11) is 0. The van der Waals surface area contributed by atoms with E-state index in [0.717, 1.165) is 12.2 Å². The monoisotopic (exact) mass is 174 g/mol. The second kappa shape index (κ2) is 6.28. The molecular weight excluding hydrogens is 160 g/mol. The van der Waals surface area contributed by atoms with Crippen molar-refractivity contribution in [2.45, 2.75) is 27.2 Å². The van der Waals surface area contributed by atoms with E-state index in [4.69, 9.17) is 4.18 Å². The summed E-state index contributed by atoms with van der Waals surface area (Å²) in [6.07, 6.45) is 2.73. The van der Waals surface area contributed by atoms with Gasteiger partial charge in [0, 0.05) is 11.3 Å². The fraction of sp³-hybridized carbons (Fsp3) is 0.625. The molecular formula is C8H14O2S. The predicted octanol–water partition coefficient (Wildman–Crippen LogP) is 2.55. The third-order valence-corrected chi connectivity index (χ3v) is 1.59. The zero-order valence-electron chi connectivity index (χ0n) is 7.22. The Hall–Kier alpha value is -0.440. The summed E-state index contributed by atoms with van der Waals surface area (Å²) in [5.41, 5.74) is 0.688. The average molecular weight is 174 g/mol. The minimum Gasteiger partial charge on any atom is -0.388 e. The number of hydrogen-bond donors (Lipinski definition) is 0. The normalized spacial score (nSPS) is 11.4. The Bertz CT molecular complexity index is 152. The number of carbonyl (C=O) groups is 1. The number of carbonyl (C=O) groups excluding carboxylic acids is 1. The lowest BCUT2D eigenvalue weighted by Gasteiger charge is -1.99. The second-order valence-electron chi connectivity index (χ2n) is 2.07. The van der Waals surface area contributed by atoms with Crippen LogP contribution < -0.4 is 0 Å². The highest BCUT2D eigenvalue weighted by atomic mass is 32.2. The SMILES string of the molecule is CCC=C(C)C(=O)OSCC. The molecule has 0 fully saturated rings. The molecule has 0 atom stereocenters. The van der Waals surface area contributed by atoms with Gasteiger partial charge < -0.3 is 4.18 Å². The summed E-state index contributed by atoms with van der Waals surface area (Å²) in [6.45, 7) is 5.70. The summed E-state index contributed by atoms with van der Waals surface area (Å²) in [4.78, 5) is 11.0. The topological polar surface area (TPSA) is 26.3 Å². The largest absolute Gasteiger partial charge is 0.388 e. The van der Waals surface area contributed by atoms with Crippen LogP contribution in [0.3, 0.4) is 0 Å². The Balaban J connectivity index is 3.73. The summed E-state index contributed by atoms with van der Waals surface area (Å²) in [6, 6.07) is 0. The van der Waals surface area contributed by atoms with Gasteiger partial charge in [-0.15, -0.1) is 0 Å². The molecule has 3 heteroatoms. The molecule has 64 valence electrons. The van der Waals surface area contributed by atoms with Gasteiger partial charge in [-0.3, -0.25) is 0 Å². The molecule has 0 rings (SSSR count). The van der Waals surface area contributed by atoms with Crippen molar-refractivity contribution in [3.63, 3.8) is 0 Å². The molecule has 0 aromatic carbocycles. The van der Waals surface area contributed by atoms with Crippen molar-refractivity contribution in [2.75, 3.05) is 5.75 Å². The van der Waals surface area contributed by atoms with Gasteiger partial charge in [0.15, 0.2) is 0 Å². The molecule has 0 aromatic rings. The highest BCUT2D eigenvalue weighted by Gasteiger charge is 2.03. The van der Waals surface area contributed by atoms with E-state index in [0.29, 0.717) is 5.57 Å². The van der Waals surface area contributed by atoms with E-state index in [1.165, 1.54) is 12.0 Å². The van der Waals surface area contributed by atoms with Crippen LogP contribution in [-0.4, -0.2) is 11.7 Å². The summed E-state index contributed by atoms with van der Waals surface area (Å²) < 4.78 is 4.81. The van der Waals surface area contributed by atoms with Crippen molar-refractivity contribution >= 4 is 18.0 Å². The van der Waals surface area contributed by atoms with Gasteiger partial charge in [0.2, 0.25) is 0 Å². The van der Waals surface area contributed by atoms with E-state index >= 15 is 0 Å². The molecule has 0 bridgehead atoms. The van der Waals surface area contributed by atoms with Crippen molar-refractivity contribution < 1.29 is 8.98 Å². The quantitative estimate of drug-likeness (QED) is 0.484. The lowest BCUT2D eigenvalue weighted by Crippen LogP contribution is -2.00. The van der Waals surface area contributed by atoms with Gasteiger partial charge in [-0.2, -0.15) is 0 Å². The number of allylic oxidation sites excluding steroid dienone is 1. The maximum atomic E-state index is 11.0. The molecule has 0 unspecified atom stereocenters. The minimum absolute atomic E-state index is 0.223. The maximum absolute atomic E-state index is 11.0. The summed E-state index contributed by atoms with van der Waals surface area (Å²) in [5.74, 6) is 0.573. The Labute approximate surface area is 72.2 Å². The van der Waals surface area contributed by atoms with Crippen molar-refractivity contribution in [2.24, 2.45) is 0 Å². The summed E-state index contributed by atoms with van der Waals surface area (Å²) >= 11 is 1.18. The van der Waals surface area contributed by atoms with E-state index in [1.807, 2.05) is 19.9 Å². The standard InChI is InChI=1S/C8H14O2S/c1-4-6-7(3)8(9)10-11-5-2/h6H,4-5H2,1-3H3. The Morgan fingerprint density at radius 3 is 2.64 bits per heavy atom. The van der Waals surface area contributed by atoms with Gasteiger partial charge >= 0.3 is 5.97 Å². The van der Waals surface area contributed by atoms with Crippen molar-refractivity contribution in [1.82, 2.24) is 0 Å². The van der Waals surface area contributed by atoms with E-state index in [-0.39, 0.29) is 5.97 Å². The van der Waals surface area contributed by atoms with Gasteiger partial charge in [0.25, 0.3) is 0 Å². The lowest BCUT2D eigenvalue weighted by atomic mass is 10.2. The van der Waals surface area contributed by atoms with Crippen LogP contribution in [-0.2, 0) is 8.98 Å². The van der Waals surface area contributed by atoms with Gasteiger partial charge in [-0.1, -0.05) is 19.9 Å². The Morgan fingerprint density at radius 2 is 2.18 bits per heavy atom. The first kappa shape index (κ1) is 10.6. The van der Waals surface area contributed by atoms with E-state index in [2.05, 4.69) is 0 Å². The van der Waals surface area contributed by atoms with Crippen LogP contribution in [0.2, 0.25) is 0 Å². The molecule has 0 amide bonds. The van der Waals surface area contributed by atoms with Crippen LogP contribution in [0.25, 0.3) is 0 Å². The van der Waals surface area contributed by atoms with Gasteiger partial charge in [-0.05, 0) is 13.3 Å². The Kier molecular flexibility index (Phi) is 6.03.